The van der Waals surface area contributed by atoms with Crippen LogP contribution in [0.15, 0.2) is 42.5 Å². The maximum atomic E-state index is 12.0. The number of aryl methyl sites for hydroxylation is 1. The monoisotopic (exact) mass is 357 g/mol. The molecule has 2 aromatic carbocycles. The van der Waals surface area contributed by atoms with E-state index in [1.165, 1.54) is 0 Å². The second-order valence-corrected chi connectivity index (χ2v) is 5.71. The average Bonchev–Trinajstić information content (AvgIpc) is 3.09. The Labute approximate surface area is 150 Å². The topological polar surface area (TPSA) is 97.9 Å². The van der Waals surface area contributed by atoms with Crippen LogP contribution >= 0.6 is 0 Å². The molecule has 1 aliphatic heterocycles. The summed E-state index contributed by atoms with van der Waals surface area (Å²) >= 11 is 0. The highest BCUT2D eigenvalue weighted by Gasteiger charge is 2.16. The van der Waals surface area contributed by atoms with Gasteiger partial charge in [-0.2, -0.15) is 0 Å². The van der Waals surface area contributed by atoms with Crippen LogP contribution in [0, 0.1) is 6.92 Å². The molecule has 1 atom stereocenters. The second kappa shape index (κ2) is 7.64. The van der Waals surface area contributed by atoms with Crippen molar-refractivity contribution in [3.63, 3.8) is 0 Å². The first-order valence-corrected chi connectivity index (χ1v) is 8.01. The van der Waals surface area contributed by atoms with Crippen LogP contribution in [-0.4, -0.2) is 24.8 Å². The van der Waals surface area contributed by atoms with E-state index in [9.17, 15) is 9.59 Å². The van der Waals surface area contributed by atoms with Crippen LogP contribution in [0.5, 0.6) is 17.2 Å². The summed E-state index contributed by atoms with van der Waals surface area (Å²) < 4.78 is 15.9. The minimum atomic E-state index is -0.774. The molecule has 136 valence electrons. The van der Waals surface area contributed by atoms with Crippen LogP contribution in [0.4, 0.5) is 10.5 Å². The van der Waals surface area contributed by atoms with Gasteiger partial charge in [0.2, 0.25) is 6.79 Å². The highest BCUT2D eigenvalue weighted by atomic mass is 16.7. The Morgan fingerprint density at radius 3 is 2.54 bits per heavy atom. The molecule has 0 aromatic heterocycles. The van der Waals surface area contributed by atoms with Crippen molar-refractivity contribution < 1.29 is 23.8 Å². The van der Waals surface area contributed by atoms with Crippen molar-refractivity contribution in [2.45, 2.75) is 20.0 Å². The lowest BCUT2D eigenvalue weighted by atomic mass is 10.2. The van der Waals surface area contributed by atoms with Crippen LogP contribution in [0.25, 0.3) is 0 Å². The van der Waals surface area contributed by atoms with Crippen molar-refractivity contribution in [1.82, 2.24) is 10.9 Å². The summed E-state index contributed by atoms with van der Waals surface area (Å²) in [5.74, 6) is 1.26. The third-order valence-corrected chi connectivity index (χ3v) is 3.63. The van der Waals surface area contributed by atoms with E-state index in [1.54, 1.807) is 37.3 Å². The Balaban J connectivity index is 1.46. The van der Waals surface area contributed by atoms with Crippen LogP contribution < -0.4 is 30.4 Å². The van der Waals surface area contributed by atoms with Crippen molar-refractivity contribution in [3.8, 4) is 17.2 Å². The predicted molar refractivity (Wildman–Crippen MR) is 94.1 cm³/mol. The van der Waals surface area contributed by atoms with Gasteiger partial charge in [0.1, 0.15) is 5.75 Å². The molecule has 3 rings (SSSR count). The highest BCUT2D eigenvalue weighted by molar-refractivity contribution is 5.91. The smallest absolute Gasteiger partial charge is 0.337 e. The summed E-state index contributed by atoms with van der Waals surface area (Å²) in [5.41, 5.74) is 6.18. The number of hydrogen-bond donors (Lipinski definition) is 3. The summed E-state index contributed by atoms with van der Waals surface area (Å²) in [6.45, 7) is 3.70. The molecule has 8 heteroatoms. The molecule has 1 heterocycles. The maximum absolute atomic E-state index is 12.0. The summed E-state index contributed by atoms with van der Waals surface area (Å²) in [4.78, 5) is 23.9. The van der Waals surface area contributed by atoms with E-state index in [0.717, 1.165) is 5.56 Å². The number of rotatable bonds is 4. The number of hydrazine groups is 1. The molecule has 0 saturated carbocycles. The third kappa shape index (κ3) is 4.35. The summed E-state index contributed by atoms with van der Waals surface area (Å²) in [6, 6.07) is 11.7. The number of hydrogen-bond acceptors (Lipinski definition) is 5. The van der Waals surface area contributed by atoms with Gasteiger partial charge in [-0.1, -0.05) is 17.7 Å². The molecule has 0 fully saturated rings. The van der Waals surface area contributed by atoms with Crippen molar-refractivity contribution in [3.05, 3.63) is 48.0 Å². The third-order valence-electron chi connectivity index (χ3n) is 3.63. The lowest BCUT2D eigenvalue weighted by molar-refractivity contribution is -0.127. The van der Waals surface area contributed by atoms with Gasteiger partial charge in [0.25, 0.3) is 5.91 Å². The largest absolute Gasteiger partial charge is 0.481 e. The number of carbonyl (C=O) groups excluding carboxylic acids is 2. The van der Waals surface area contributed by atoms with Crippen LogP contribution in [-0.2, 0) is 4.79 Å². The number of anilines is 1. The normalized spacial score (nSPS) is 12.8. The van der Waals surface area contributed by atoms with Gasteiger partial charge in [0.05, 0.1) is 0 Å². The van der Waals surface area contributed by atoms with Gasteiger partial charge in [-0.25, -0.2) is 10.2 Å². The molecular formula is C18H19N3O5. The first-order chi connectivity index (χ1) is 12.5. The molecular weight excluding hydrogens is 338 g/mol. The van der Waals surface area contributed by atoms with Gasteiger partial charge < -0.3 is 19.5 Å². The molecule has 0 spiro atoms. The minimum Gasteiger partial charge on any atom is -0.481 e. The van der Waals surface area contributed by atoms with Crippen LogP contribution in [0.2, 0.25) is 0 Å². The Morgan fingerprint density at radius 2 is 1.77 bits per heavy atom. The summed E-state index contributed by atoms with van der Waals surface area (Å²) in [7, 11) is 0. The van der Waals surface area contributed by atoms with Gasteiger partial charge in [-0.3, -0.25) is 10.2 Å². The Hall–Kier alpha value is -3.42. The molecule has 0 aliphatic carbocycles. The van der Waals surface area contributed by atoms with Crippen LogP contribution in [0.1, 0.15) is 12.5 Å². The van der Waals surface area contributed by atoms with Gasteiger partial charge >= 0.3 is 6.03 Å². The van der Waals surface area contributed by atoms with E-state index < -0.39 is 18.0 Å². The van der Waals surface area contributed by atoms with E-state index in [0.29, 0.717) is 22.9 Å². The molecule has 0 bridgehead atoms. The SMILES string of the molecule is Cc1ccc(OC(C)C(=O)NNC(=O)Nc2ccc3c(c2)OCO3)cc1. The van der Waals surface area contributed by atoms with Crippen LogP contribution in [0.3, 0.4) is 0 Å². The van der Waals surface area contributed by atoms with Crippen molar-refractivity contribution >= 4 is 17.6 Å². The van der Waals surface area contributed by atoms with E-state index in [1.807, 2.05) is 19.1 Å². The standard InChI is InChI=1S/C18H19N3O5/c1-11-3-6-14(7-4-11)26-12(2)17(22)20-21-18(23)19-13-5-8-15-16(9-13)25-10-24-15/h3-9,12H,10H2,1-2H3,(H,20,22)(H2,19,21,23). The van der Waals surface area contributed by atoms with Crippen molar-refractivity contribution in [2.24, 2.45) is 0 Å². The fraction of sp³-hybridized carbons (Fsp3) is 0.222. The Bertz CT molecular complexity index is 807. The fourth-order valence-electron chi connectivity index (χ4n) is 2.23. The predicted octanol–water partition coefficient (Wildman–Crippen LogP) is 2.34. The van der Waals surface area contributed by atoms with Gasteiger partial charge in [-0.15, -0.1) is 0 Å². The number of fused-ring (bicyclic) bond motifs is 1. The van der Waals surface area contributed by atoms with E-state index in [-0.39, 0.29) is 6.79 Å². The molecule has 0 saturated heterocycles. The van der Waals surface area contributed by atoms with E-state index in [2.05, 4.69) is 16.2 Å². The highest BCUT2D eigenvalue weighted by Crippen LogP contribution is 2.34. The fourth-order valence-corrected chi connectivity index (χ4v) is 2.23. The van der Waals surface area contributed by atoms with Crippen molar-refractivity contribution in [2.75, 3.05) is 12.1 Å². The quantitative estimate of drug-likeness (QED) is 0.730. The zero-order valence-electron chi connectivity index (χ0n) is 14.4. The number of benzene rings is 2. The second-order valence-electron chi connectivity index (χ2n) is 5.71. The van der Waals surface area contributed by atoms with Gasteiger partial charge in [0, 0.05) is 11.8 Å². The first-order valence-electron chi connectivity index (χ1n) is 8.01. The molecule has 3 amide bonds. The van der Waals surface area contributed by atoms with E-state index >= 15 is 0 Å². The molecule has 8 nitrogen and oxygen atoms in total. The summed E-state index contributed by atoms with van der Waals surface area (Å²) in [5, 5.41) is 2.58. The lowest BCUT2D eigenvalue weighted by Crippen LogP contribution is -2.48. The molecule has 3 N–H and O–H groups in total. The lowest BCUT2D eigenvalue weighted by Gasteiger charge is -2.15. The van der Waals surface area contributed by atoms with Crippen molar-refractivity contribution in [1.29, 1.82) is 0 Å². The number of nitrogens with one attached hydrogen (secondary N) is 3. The Morgan fingerprint density at radius 1 is 1.04 bits per heavy atom. The average molecular weight is 357 g/mol. The molecule has 2 aromatic rings. The molecule has 1 unspecified atom stereocenters. The number of ether oxygens (including phenoxy) is 3. The summed E-state index contributed by atoms with van der Waals surface area (Å²) in [6.07, 6.45) is -0.774. The Kier molecular flexibility index (Phi) is 5.12. The molecule has 26 heavy (non-hydrogen) atoms. The molecule has 1 aliphatic rings. The maximum Gasteiger partial charge on any atom is 0.337 e. The first kappa shape index (κ1) is 17.4. The minimum absolute atomic E-state index is 0.153. The number of amides is 3. The van der Waals surface area contributed by atoms with Gasteiger partial charge in [-0.05, 0) is 38.1 Å². The molecule has 0 radical (unpaired) electrons. The zero-order valence-corrected chi connectivity index (χ0v) is 14.4. The number of urea groups is 1. The number of carbonyl (C=O) groups is 2. The van der Waals surface area contributed by atoms with Gasteiger partial charge in [0.15, 0.2) is 17.6 Å². The zero-order chi connectivity index (χ0) is 18.5. The van der Waals surface area contributed by atoms with E-state index in [4.69, 9.17) is 14.2 Å².